The van der Waals surface area contributed by atoms with Crippen LogP contribution in [0.4, 0.5) is 13.2 Å². The highest BCUT2D eigenvalue weighted by Crippen LogP contribution is 2.29. The fourth-order valence-electron chi connectivity index (χ4n) is 2.64. The summed E-state index contributed by atoms with van der Waals surface area (Å²) in [5.74, 6) is 0.406. The highest BCUT2D eigenvalue weighted by Gasteiger charge is 2.35. The number of rotatable bonds is 5. The van der Waals surface area contributed by atoms with Crippen LogP contribution in [0, 0.1) is 5.92 Å². The minimum Gasteiger partial charge on any atom is -0.347 e. The van der Waals surface area contributed by atoms with E-state index in [4.69, 9.17) is 0 Å². The van der Waals surface area contributed by atoms with Gasteiger partial charge in [-0.2, -0.15) is 13.2 Å². The van der Waals surface area contributed by atoms with Crippen LogP contribution in [0.2, 0.25) is 0 Å². The summed E-state index contributed by atoms with van der Waals surface area (Å²) in [7, 11) is 0. The topological polar surface area (TPSA) is 17.3 Å². The zero-order valence-corrected chi connectivity index (χ0v) is 15.0. The molecule has 2 rings (SSSR count). The Hall–Kier alpha value is -1.30. The largest absolute Gasteiger partial charge is 0.429 e. The van der Waals surface area contributed by atoms with Gasteiger partial charge in [0, 0.05) is 41.1 Å². The van der Waals surface area contributed by atoms with Crippen molar-refractivity contribution in [2.24, 2.45) is 10.9 Å². The zero-order valence-electron chi connectivity index (χ0n) is 13.4. The van der Waals surface area contributed by atoms with E-state index in [-0.39, 0.29) is 13.0 Å². The summed E-state index contributed by atoms with van der Waals surface area (Å²) >= 11 is 3.43. The lowest BCUT2D eigenvalue weighted by Gasteiger charge is -2.10. The van der Waals surface area contributed by atoms with Gasteiger partial charge in [0.15, 0.2) is 0 Å². The number of halogens is 4. The Kier molecular flexibility index (Phi) is 5.55. The van der Waals surface area contributed by atoms with E-state index in [1.54, 1.807) is 6.92 Å². The molecule has 2 aromatic rings. The summed E-state index contributed by atoms with van der Waals surface area (Å²) in [6, 6.07) is 5.67. The molecule has 1 aromatic carbocycles. The predicted molar refractivity (Wildman–Crippen MR) is 92.2 cm³/mol. The van der Waals surface area contributed by atoms with Crippen molar-refractivity contribution in [2.75, 3.05) is 6.54 Å². The molecule has 0 atom stereocenters. The van der Waals surface area contributed by atoms with E-state index in [0.717, 1.165) is 21.9 Å². The van der Waals surface area contributed by atoms with Crippen LogP contribution in [0.15, 0.2) is 33.9 Å². The summed E-state index contributed by atoms with van der Waals surface area (Å²) in [6.45, 7) is 6.68. The summed E-state index contributed by atoms with van der Waals surface area (Å²) in [5, 5.41) is 0.849. The second-order valence-electron chi connectivity index (χ2n) is 5.96. The normalized spacial score (nSPS) is 13.3. The molecule has 0 aliphatic carbocycles. The minimum atomic E-state index is -4.39. The maximum absolute atomic E-state index is 13.1. The van der Waals surface area contributed by atoms with Crippen LogP contribution in [-0.2, 0) is 13.0 Å². The van der Waals surface area contributed by atoms with E-state index < -0.39 is 11.9 Å². The van der Waals surface area contributed by atoms with Crippen molar-refractivity contribution in [3.63, 3.8) is 0 Å². The molecule has 126 valence electrons. The van der Waals surface area contributed by atoms with Gasteiger partial charge in [-0.15, -0.1) is 0 Å². The minimum absolute atomic E-state index is 0.130. The van der Waals surface area contributed by atoms with Gasteiger partial charge in [0.2, 0.25) is 0 Å². The average Bonchev–Trinajstić information content (AvgIpc) is 2.74. The van der Waals surface area contributed by atoms with Crippen molar-refractivity contribution in [3.8, 4) is 0 Å². The lowest BCUT2D eigenvalue weighted by atomic mass is 10.1. The van der Waals surface area contributed by atoms with Gasteiger partial charge in [-0.25, -0.2) is 0 Å². The van der Waals surface area contributed by atoms with Crippen LogP contribution in [-0.4, -0.2) is 23.0 Å². The highest BCUT2D eigenvalue weighted by molar-refractivity contribution is 9.10. The molecule has 0 aliphatic rings. The first-order valence-electron chi connectivity index (χ1n) is 7.60. The molecule has 0 bridgehead atoms. The van der Waals surface area contributed by atoms with E-state index >= 15 is 0 Å². The molecule has 0 saturated carbocycles. The number of benzene rings is 1. The third-order valence-electron chi connectivity index (χ3n) is 3.52. The SMILES string of the molecule is CCN=C(Cc1cn(CC(C)C)c2cc(Br)ccc12)C(F)(F)F. The molecule has 1 heterocycles. The number of fused-ring (bicyclic) bond motifs is 1. The average molecular weight is 389 g/mol. The van der Waals surface area contributed by atoms with Gasteiger partial charge < -0.3 is 4.57 Å². The molecule has 0 fully saturated rings. The molecule has 1 aromatic heterocycles. The number of alkyl halides is 3. The van der Waals surface area contributed by atoms with E-state index in [9.17, 15) is 13.2 Å². The molecule has 0 amide bonds. The molecule has 0 unspecified atom stereocenters. The lowest BCUT2D eigenvalue weighted by Crippen LogP contribution is -2.25. The molecular formula is C17H20BrF3N2. The van der Waals surface area contributed by atoms with E-state index in [0.29, 0.717) is 11.5 Å². The van der Waals surface area contributed by atoms with Crippen LogP contribution in [0.3, 0.4) is 0 Å². The molecule has 6 heteroatoms. The Labute approximate surface area is 142 Å². The lowest BCUT2D eigenvalue weighted by molar-refractivity contribution is -0.0602. The zero-order chi connectivity index (χ0) is 17.2. The highest BCUT2D eigenvalue weighted by atomic mass is 79.9. The summed E-state index contributed by atoms with van der Waals surface area (Å²) in [5.41, 5.74) is 0.894. The Morgan fingerprint density at radius 1 is 1.30 bits per heavy atom. The van der Waals surface area contributed by atoms with E-state index in [1.165, 1.54) is 0 Å². The second kappa shape index (κ2) is 7.07. The van der Waals surface area contributed by atoms with Crippen molar-refractivity contribution in [1.29, 1.82) is 0 Å². The van der Waals surface area contributed by atoms with Gasteiger partial charge >= 0.3 is 6.18 Å². The molecule has 23 heavy (non-hydrogen) atoms. The number of hydrogen-bond acceptors (Lipinski definition) is 1. The first-order chi connectivity index (χ1) is 10.7. The Balaban J connectivity index is 2.50. The molecule has 0 radical (unpaired) electrons. The number of aliphatic imine (C=N–C) groups is 1. The summed E-state index contributed by atoms with van der Waals surface area (Å²) in [6.07, 6.45) is -2.76. The van der Waals surface area contributed by atoms with Crippen LogP contribution in [0.1, 0.15) is 26.3 Å². The smallest absolute Gasteiger partial charge is 0.347 e. The summed E-state index contributed by atoms with van der Waals surface area (Å²) in [4.78, 5) is 3.66. The number of nitrogens with zero attached hydrogens (tertiary/aromatic N) is 2. The van der Waals surface area contributed by atoms with Crippen LogP contribution < -0.4 is 0 Å². The van der Waals surface area contributed by atoms with Gasteiger partial charge in [-0.3, -0.25) is 4.99 Å². The number of hydrogen-bond donors (Lipinski definition) is 0. The van der Waals surface area contributed by atoms with Crippen molar-refractivity contribution >= 4 is 32.5 Å². The first-order valence-corrected chi connectivity index (χ1v) is 8.39. The Bertz CT molecular complexity index is 714. The van der Waals surface area contributed by atoms with Crippen LogP contribution in [0.5, 0.6) is 0 Å². The monoisotopic (exact) mass is 388 g/mol. The van der Waals surface area contributed by atoms with Gasteiger partial charge in [-0.05, 0) is 30.5 Å². The number of aromatic nitrogens is 1. The van der Waals surface area contributed by atoms with Crippen molar-refractivity contribution in [3.05, 3.63) is 34.4 Å². The van der Waals surface area contributed by atoms with Crippen molar-refractivity contribution in [2.45, 2.75) is 39.9 Å². The quantitative estimate of drug-likeness (QED) is 0.590. The van der Waals surface area contributed by atoms with Gasteiger partial charge in [0.05, 0.1) is 0 Å². The van der Waals surface area contributed by atoms with Crippen molar-refractivity contribution < 1.29 is 13.2 Å². The molecule has 0 N–H and O–H groups in total. The maximum atomic E-state index is 13.1. The van der Waals surface area contributed by atoms with Crippen LogP contribution >= 0.6 is 15.9 Å². The molecule has 2 nitrogen and oxygen atoms in total. The van der Waals surface area contributed by atoms with E-state index in [2.05, 4.69) is 34.8 Å². The molecule has 0 spiro atoms. The Morgan fingerprint density at radius 3 is 2.57 bits per heavy atom. The van der Waals surface area contributed by atoms with Gasteiger partial charge in [0.25, 0.3) is 0 Å². The maximum Gasteiger partial charge on any atom is 0.429 e. The molecule has 0 aliphatic heterocycles. The van der Waals surface area contributed by atoms with Crippen LogP contribution in [0.25, 0.3) is 10.9 Å². The standard InChI is InChI=1S/C17H20BrF3N2/c1-4-22-16(17(19,20)21)7-12-10-23(9-11(2)3)15-8-13(18)5-6-14(12)15/h5-6,8,10-11H,4,7,9H2,1-3H3. The Morgan fingerprint density at radius 2 is 2.00 bits per heavy atom. The fourth-order valence-corrected chi connectivity index (χ4v) is 2.99. The van der Waals surface area contributed by atoms with E-state index in [1.807, 2.05) is 29.0 Å². The third-order valence-corrected chi connectivity index (χ3v) is 4.02. The first kappa shape index (κ1) is 18.0. The van der Waals surface area contributed by atoms with Gasteiger partial charge in [-0.1, -0.05) is 35.8 Å². The third kappa shape index (κ3) is 4.37. The fraction of sp³-hybridized carbons (Fsp3) is 0.471. The molecule has 0 saturated heterocycles. The van der Waals surface area contributed by atoms with Crippen molar-refractivity contribution in [1.82, 2.24) is 4.57 Å². The second-order valence-corrected chi connectivity index (χ2v) is 6.87. The van der Waals surface area contributed by atoms with Gasteiger partial charge in [0.1, 0.15) is 5.71 Å². The summed E-state index contributed by atoms with van der Waals surface area (Å²) < 4.78 is 42.3. The molecular weight excluding hydrogens is 369 g/mol. The predicted octanol–water partition coefficient (Wildman–Crippen LogP) is 5.63.